The molecule has 0 aliphatic rings. The van der Waals surface area contributed by atoms with Gasteiger partial charge in [-0.3, -0.25) is 0 Å². The molecule has 0 aliphatic carbocycles. The molecule has 0 fully saturated rings. The molecule has 0 aromatic heterocycles. The van der Waals surface area contributed by atoms with E-state index in [0.717, 1.165) is 18.0 Å². The molecular weight excluding hydrogens is 236 g/mol. The number of benzene rings is 1. The first kappa shape index (κ1) is 13.7. The second kappa shape index (κ2) is 6.39. The quantitative estimate of drug-likeness (QED) is 0.642. The Labute approximate surface area is 106 Å². The first-order valence-electron chi connectivity index (χ1n) is 5.28. The molecule has 0 saturated heterocycles. The van der Waals surface area contributed by atoms with Gasteiger partial charge in [0.25, 0.3) is 0 Å². The molecule has 2 N–H and O–H groups in total. The Morgan fingerprint density at radius 1 is 1.53 bits per heavy atom. The van der Waals surface area contributed by atoms with Crippen molar-refractivity contribution in [1.82, 2.24) is 0 Å². The maximum absolute atomic E-state index is 11.5. The van der Waals surface area contributed by atoms with Gasteiger partial charge in [-0.1, -0.05) is 0 Å². The number of rotatable bonds is 5. The van der Waals surface area contributed by atoms with Crippen LogP contribution in [0.25, 0.3) is 0 Å². The third-order valence-corrected chi connectivity index (χ3v) is 3.10. The van der Waals surface area contributed by atoms with Gasteiger partial charge in [-0.2, -0.15) is 11.8 Å². The van der Waals surface area contributed by atoms with Crippen LogP contribution in [0.5, 0.6) is 0 Å². The fourth-order valence-corrected chi connectivity index (χ4v) is 1.88. The molecule has 0 saturated carbocycles. The molecular formula is C12H18N2O2S. The number of anilines is 2. The van der Waals surface area contributed by atoms with Crippen molar-refractivity contribution in [1.29, 1.82) is 0 Å². The van der Waals surface area contributed by atoms with E-state index in [0.29, 0.717) is 11.3 Å². The average molecular weight is 254 g/mol. The van der Waals surface area contributed by atoms with E-state index in [9.17, 15) is 4.79 Å². The number of ether oxygens (including phenoxy) is 1. The Bertz CT molecular complexity index is 396. The second-order valence-corrected chi connectivity index (χ2v) is 4.66. The summed E-state index contributed by atoms with van der Waals surface area (Å²) in [5, 5.41) is 0. The van der Waals surface area contributed by atoms with Crippen molar-refractivity contribution in [3.8, 4) is 0 Å². The lowest BCUT2D eigenvalue weighted by Crippen LogP contribution is -2.20. The lowest BCUT2D eigenvalue weighted by molar-refractivity contribution is 0.0602. The lowest BCUT2D eigenvalue weighted by Gasteiger charge is -2.19. The minimum absolute atomic E-state index is 0.400. The van der Waals surface area contributed by atoms with Crippen molar-refractivity contribution in [2.45, 2.75) is 0 Å². The highest BCUT2D eigenvalue weighted by Gasteiger charge is 2.12. The molecule has 4 nitrogen and oxygen atoms in total. The molecule has 5 heteroatoms. The van der Waals surface area contributed by atoms with E-state index in [1.165, 1.54) is 7.11 Å². The van der Waals surface area contributed by atoms with Crippen molar-refractivity contribution in [3.05, 3.63) is 23.8 Å². The molecule has 0 aliphatic heterocycles. The van der Waals surface area contributed by atoms with Crippen LogP contribution >= 0.6 is 11.8 Å². The minimum atomic E-state index is -0.400. The van der Waals surface area contributed by atoms with E-state index >= 15 is 0 Å². The highest BCUT2D eigenvalue weighted by atomic mass is 32.2. The SMILES string of the molecule is COC(=O)c1cc(N(C)CCSC)ccc1N. The van der Waals surface area contributed by atoms with Crippen LogP contribution in [0, 0.1) is 0 Å². The molecule has 0 radical (unpaired) electrons. The summed E-state index contributed by atoms with van der Waals surface area (Å²) in [6.45, 7) is 0.922. The Balaban J connectivity index is 2.91. The Kier molecular flexibility index (Phi) is 5.15. The highest BCUT2D eigenvalue weighted by Crippen LogP contribution is 2.21. The van der Waals surface area contributed by atoms with Crippen molar-refractivity contribution < 1.29 is 9.53 Å². The van der Waals surface area contributed by atoms with Crippen LogP contribution in [0.4, 0.5) is 11.4 Å². The summed E-state index contributed by atoms with van der Waals surface area (Å²) >= 11 is 1.78. The molecule has 0 bridgehead atoms. The highest BCUT2D eigenvalue weighted by molar-refractivity contribution is 7.98. The summed E-state index contributed by atoms with van der Waals surface area (Å²) in [6, 6.07) is 5.40. The summed E-state index contributed by atoms with van der Waals surface area (Å²) in [7, 11) is 3.34. The third kappa shape index (κ3) is 3.56. The zero-order valence-corrected chi connectivity index (χ0v) is 11.2. The maximum atomic E-state index is 11.5. The van der Waals surface area contributed by atoms with E-state index in [-0.39, 0.29) is 0 Å². The first-order valence-corrected chi connectivity index (χ1v) is 6.67. The zero-order chi connectivity index (χ0) is 12.8. The predicted octanol–water partition coefficient (Wildman–Crippen LogP) is 1.85. The summed E-state index contributed by atoms with van der Waals surface area (Å²) in [5.41, 5.74) is 7.57. The smallest absolute Gasteiger partial charge is 0.340 e. The van der Waals surface area contributed by atoms with E-state index in [4.69, 9.17) is 10.5 Å². The van der Waals surface area contributed by atoms with Crippen molar-refractivity contribution >= 4 is 29.1 Å². The Morgan fingerprint density at radius 3 is 2.82 bits per heavy atom. The monoisotopic (exact) mass is 254 g/mol. The predicted molar refractivity (Wildman–Crippen MR) is 73.8 cm³/mol. The normalized spacial score (nSPS) is 10.1. The molecule has 1 aromatic rings. The molecule has 1 rings (SSSR count). The van der Waals surface area contributed by atoms with E-state index in [1.54, 1.807) is 23.9 Å². The average Bonchev–Trinajstić information content (AvgIpc) is 2.35. The minimum Gasteiger partial charge on any atom is -0.465 e. The van der Waals surface area contributed by atoms with Gasteiger partial charge in [-0.25, -0.2) is 4.79 Å². The summed E-state index contributed by atoms with van der Waals surface area (Å²) in [5.74, 6) is 0.636. The largest absolute Gasteiger partial charge is 0.465 e. The van der Waals surface area contributed by atoms with Crippen molar-refractivity contribution in [3.63, 3.8) is 0 Å². The fraction of sp³-hybridized carbons (Fsp3) is 0.417. The molecule has 17 heavy (non-hydrogen) atoms. The van der Waals surface area contributed by atoms with Crippen LogP contribution in [-0.4, -0.2) is 38.7 Å². The summed E-state index contributed by atoms with van der Waals surface area (Å²) in [4.78, 5) is 13.6. The second-order valence-electron chi connectivity index (χ2n) is 3.68. The van der Waals surface area contributed by atoms with Crippen molar-refractivity contribution in [2.24, 2.45) is 0 Å². The molecule has 1 aromatic carbocycles. The van der Waals surface area contributed by atoms with Crippen molar-refractivity contribution in [2.75, 3.05) is 43.3 Å². The Morgan fingerprint density at radius 2 is 2.24 bits per heavy atom. The van der Waals surface area contributed by atoms with Crippen LogP contribution in [0.2, 0.25) is 0 Å². The molecule has 0 spiro atoms. The number of hydrogen-bond acceptors (Lipinski definition) is 5. The number of hydrogen-bond donors (Lipinski definition) is 1. The van der Waals surface area contributed by atoms with Gasteiger partial charge in [0.1, 0.15) is 0 Å². The van der Waals surface area contributed by atoms with Crippen LogP contribution < -0.4 is 10.6 Å². The fourth-order valence-electron chi connectivity index (χ4n) is 1.43. The first-order chi connectivity index (χ1) is 8.10. The number of carbonyl (C=O) groups excluding carboxylic acids is 1. The number of nitrogens with zero attached hydrogens (tertiary/aromatic N) is 1. The number of thioether (sulfide) groups is 1. The van der Waals surface area contributed by atoms with Gasteiger partial charge in [0.2, 0.25) is 0 Å². The van der Waals surface area contributed by atoms with E-state index in [1.807, 2.05) is 13.1 Å². The van der Waals surface area contributed by atoms with Crippen LogP contribution in [0.1, 0.15) is 10.4 Å². The van der Waals surface area contributed by atoms with E-state index in [2.05, 4.69) is 11.2 Å². The topological polar surface area (TPSA) is 55.6 Å². The molecule has 94 valence electrons. The standard InChI is InChI=1S/C12H18N2O2S/c1-14(6-7-17-3)9-4-5-11(13)10(8-9)12(15)16-2/h4-5,8H,6-7,13H2,1-3H3. The molecule has 0 heterocycles. The molecule has 0 unspecified atom stereocenters. The maximum Gasteiger partial charge on any atom is 0.340 e. The van der Waals surface area contributed by atoms with Gasteiger partial charge < -0.3 is 15.4 Å². The number of nitrogens with two attached hydrogens (primary N) is 1. The molecule has 0 amide bonds. The van der Waals surface area contributed by atoms with E-state index < -0.39 is 5.97 Å². The van der Waals surface area contributed by atoms with Gasteiger partial charge in [-0.15, -0.1) is 0 Å². The van der Waals surface area contributed by atoms with Gasteiger partial charge in [0.05, 0.1) is 12.7 Å². The van der Waals surface area contributed by atoms with Gasteiger partial charge in [-0.05, 0) is 24.5 Å². The number of carbonyl (C=O) groups is 1. The lowest BCUT2D eigenvalue weighted by atomic mass is 10.1. The Hall–Kier alpha value is -1.36. The third-order valence-electron chi connectivity index (χ3n) is 2.51. The summed E-state index contributed by atoms with van der Waals surface area (Å²) in [6.07, 6.45) is 2.07. The van der Waals surface area contributed by atoms with Crippen LogP contribution in [0.3, 0.4) is 0 Å². The van der Waals surface area contributed by atoms with Crippen LogP contribution in [-0.2, 0) is 4.74 Å². The van der Waals surface area contributed by atoms with Gasteiger partial charge in [0.15, 0.2) is 0 Å². The van der Waals surface area contributed by atoms with Gasteiger partial charge >= 0.3 is 5.97 Å². The number of nitrogen functional groups attached to an aromatic ring is 1. The number of methoxy groups -OCH3 is 1. The van der Waals surface area contributed by atoms with Gasteiger partial charge in [0, 0.05) is 30.7 Å². The van der Waals surface area contributed by atoms with Crippen LogP contribution in [0.15, 0.2) is 18.2 Å². The number of esters is 1. The zero-order valence-electron chi connectivity index (χ0n) is 10.4. The molecule has 0 atom stereocenters. The summed E-state index contributed by atoms with van der Waals surface area (Å²) < 4.78 is 4.69.